The van der Waals surface area contributed by atoms with E-state index in [1.165, 1.54) is 30.3 Å². The molecular formula is C37H34O14. The van der Waals surface area contributed by atoms with E-state index in [9.17, 15) is 50.4 Å². The highest BCUT2D eigenvalue weighted by molar-refractivity contribution is 5.91. The van der Waals surface area contributed by atoms with Gasteiger partial charge in [-0.15, -0.1) is 0 Å². The van der Waals surface area contributed by atoms with Crippen molar-refractivity contribution in [3.8, 4) is 57.5 Å². The van der Waals surface area contributed by atoms with Crippen LogP contribution in [0.3, 0.4) is 0 Å². The van der Waals surface area contributed by atoms with Gasteiger partial charge in [0.1, 0.15) is 51.6 Å². The lowest BCUT2D eigenvalue weighted by atomic mass is 9.93. The number of fused-ring (bicyclic) bond motifs is 3. The standard InChI is InChI=1S/C22H18O10.C15H16O4/c23-11-6-14(25)12-8-19(32-22(30)10-4-16(27)20(29)17(28)5-10)21(31-18(12)7-11)9-1-2-13(24)15(26)3-9;1-8-3-4-10-12(18-7-8)6-13-14(15(10)17)11(16)5-9(2)19-13/h1-7,19,21,23-29H,8H2;5-6,8,17H,3-4,7H2,1-2H3. The SMILES string of the molecule is Cc1cc(=O)c2c(O)c3c(cc2o1)OCC(C)CC3.O=C(OC1Cc2c(O)cc(O)cc2OC1c1ccc(O)c(O)c1)c1cc(O)c(O)c(O)c1. The maximum absolute atomic E-state index is 12.7. The summed E-state index contributed by atoms with van der Waals surface area (Å²) in [5.41, 5.74) is 1.21. The zero-order valence-corrected chi connectivity index (χ0v) is 27.3. The molecule has 266 valence electrons. The predicted octanol–water partition coefficient (Wildman–Crippen LogP) is 5.30. The van der Waals surface area contributed by atoms with E-state index in [-0.39, 0.29) is 57.1 Å². The fourth-order valence-corrected chi connectivity index (χ4v) is 6.00. The Bertz CT molecular complexity index is 2200. The normalized spacial score (nSPS) is 17.8. The van der Waals surface area contributed by atoms with Crippen molar-refractivity contribution in [2.75, 3.05) is 6.61 Å². The van der Waals surface area contributed by atoms with Gasteiger partial charge in [0.05, 0.1) is 12.2 Å². The molecule has 0 amide bonds. The number of carbonyl (C=O) groups excluding carboxylic acids is 1. The summed E-state index contributed by atoms with van der Waals surface area (Å²) >= 11 is 0. The van der Waals surface area contributed by atoms with Gasteiger partial charge >= 0.3 is 5.97 Å². The first-order valence-electron chi connectivity index (χ1n) is 15.8. The highest BCUT2D eigenvalue weighted by Crippen LogP contribution is 2.44. The predicted molar refractivity (Wildman–Crippen MR) is 179 cm³/mol. The van der Waals surface area contributed by atoms with Crippen LogP contribution in [0.25, 0.3) is 11.0 Å². The van der Waals surface area contributed by atoms with Crippen LogP contribution < -0.4 is 14.9 Å². The van der Waals surface area contributed by atoms with Crippen molar-refractivity contribution < 1.29 is 64.3 Å². The minimum atomic E-state index is -1.06. The summed E-state index contributed by atoms with van der Waals surface area (Å²) in [6.45, 7) is 4.44. The van der Waals surface area contributed by atoms with Crippen LogP contribution >= 0.6 is 0 Å². The van der Waals surface area contributed by atoms with Gasteiger partial charge in [-0.05, 0) is 49.9 Å². The molecule has 14 nitrogen and oxygen atoms in total. The van der Waals surface area contributed by atoms with E-state index >= 15 is 0 Å². The van der Waals surface area contributed by atoms with Gasteiger partial charge in [0.15, 0.2) is 40.3 Å². The van der Waals surface area contributed by atoms with E-state index in [1.807, 2.05) is 0 Å². The monoisotopic (exact) mass is 702 g/mol. The number of carbonyl (C=O) groups is 1. The Hall–Kier alpha value is -6.44. The Morgan fingerprint density at radius 1 is 0.784 bits per heavy atom. The summed E-state index contributed by atoms with van der Waals surface area (Å²) in [5.74, 6) is -2.84. The fraction of sp³-hybridized carbons (Fsp3) is 0.243. The number of aryl methyl sites for hydroxylation is 1. The number of benzene rings is 4. The fourth-order valence-electron chi connectivity index (χ4n) is 6.00. The third kappa shape index (κ3) is 6.88. The topological polar surface area (TPSA) is 237 Å². The highest BCUT2D eigenvalue weighted by Gasteiger charge is 2.37. The lowest BCUT2D eigenvalue weighted by Crippen LogP contribution is -2.34. The molecule has 1 aromatic heterocycles. The van der Waals surface area contributed by atoms with Gasteiger partial charge in [-0.2, -0.15) is 0 Å². The first-order valence-corrected chi connectivity index (χ1v) is 15.8. The molecule has 4 aromatic carbocycles. The smallest absolute Gasteiger partial charge is 0.338 e. The van der Waals surface area contributed by atoms with Gasteiger partial charge in [-0.25, -0.2) is 4.79 Å². The molecule has 2 aliphatic rings. The number of phenols is 8. The lowest BCUT2D eigenvalue weighted by molar-refractivity contribution is -0.0189. The van der Waals surface area contributed by atoms with E-state index in [4.69, 9.17) is 18.6 Å². The van der Waals surface area contributed by atoms with Gasteiger partial charge in [-0.1, -0.05) is 13.0 Å². The van der Waals surface area contributed by atoms with Crippen molar-refractivity contribution in [2.45, 2.75) is 45.3 Å². The zero-order chi connectivity index (χ0) is 36.7. The first kappa shape index (κ1) is 34.4. The van der Waals surface area contributed by atoms with Gasteiger partial charge in [0, 0.05) is 47.4 Å². The second kappa shape index (κ2) is 13.5. The average molecular weight is 703 g/mol. The third-order valence-corrected chi connectivity index (χ3v) is 8.65. The Balaban J connectivity index is 0.000000200. The summed E-state index contributed by atoms with van der Waals surface area (Å²) in [6.07, 6.45) is -0.476. The second-order valence-electron chi connectivity index (χ2n) is 12.5. The van der Waals surface area contributed by atoms with Crippen LogP contribution in [0.15, 0.2) is 63.8 Å². The molecule has 0 bridgehead atoms. The summed E-state index contributed by atoms with van der Waals surface area (Å²) in [7, 11) is 0. The van der Waals surface area contributed by atoms with Crippen LogP contribution in [0.2, 0.25) is 0 Å². The molecule has 51 heavy (non-hydrogen) atoms. The number of hydrogen-bond donors (Lipinski definition) is 8. The quantitative estimate of drug-likeness (QED) is 0.0881. The van der Waals surface area contributed by atoms with E-state index in [0.717, 1.165) is 24.6 Å². The minimum Gasteiger partial charge on any atom is -0.508 e. The van der Waals surface area contributed by atoms with Crippen molar-refractivity contribution in [1.82, 2.24) is 0 Å². The second-order valence-corrected chi connectivity index (χ2v) is 12.5. The van der Waals surface area contributed by atoms with E-state index < -0.39 is 41.2 Å². The number of aromatic hydroxyl groups is 8. The van der Waals surface area contributed by atoms with Gasteiger partial charge in [-0.3, -0.25) is 4.79 Å². The van der Waals surface area contributed by atoms with Gasteiger partial charge in [0.2, 0.25) is 0 Å². The largest absolute Gasteiger partial charge is 0.508 e. The van der Waals surface area contributed by atoms with Gasteiger partial charge in [0.25, 0.3) is 0 Å². The molecule has 14 heteroatoms. The maximum atomic E-state index is 12.7. The molecule has 5 aromatic rings. The number of esters is 1. The van der Waals surface area contributed by atoms with Crippen LogP contribution in [-0.4, -0.2) is 59.5 Å². The molecule has 2 aliphatic heterocycles. The number of phenolic OH excluding ortho intramolecular Hbond substituents is 8. The summed E-state index contributed by atoms with van der Waals surface area (Å²) in [6, 6.07) is 11.2. The molecule has 0 fully saturated rings. The minimum absolute atomic E-state index is 0.00958. The molecule has 0 spiro atoms. The van der Waals surface area contributed by atoms with E-state index in [1.54, 1.807) is 13.0 Å². The van der Waals surface area contributed by atoms with Crippen LogP contribution in [0.4, 0.5) is 0 Å². The van der Waals surface area contributed by atoms with Crippen molar-refractivity contribution in [1.29, 1.82) is 0 Å². The zero-order valence-electron chi connectivity index (χ0n) is 27.3. The van der Waals surface area contributed by atoms with Crippen molar-refractivity contribution in [3.05, 3.63) is 92.8 Å². The Morgan fingerprint density at radius 3 is 2.22 bits per heavy atom. The number of ether oxygens (including phenoxy) is 3. The maximum Gasteiger partial charge on any atom is 0.338 e. The molecule has 0 radical (unpaired) electrons. The summed E-state index contributed by atoms with van der Waals surface area (Å²) < 4.78 is 22.6. The van der Waals surface area contributed by atoms with Crippen LogP contribution in [-0.2, 0) is 17.6 Å². The molecule has 3 unspecified atom stereocenters. The molecule has 7 rings (SSSR count). The van der Waals surface area contributed by atoms with Crippen molar-refractivity contribution in [3.63, 3.8) is 0 Å². The van der Waals surface area contributed by atoms with Gasteiger partial charge < -0.3 is 59.5 Å². The molecule has 0 saturated carbocycles. The lowest BCUT2D eigenvalue weighted by Gasteiger charge is -2.34. The number of hydrogen-bond acceptors (Lipinski definition) is 14. The summed E-state index contributed by atoms with van der Waals surface area (Å²) in [5, 5.41) is 78.8. The molecule has 0 aliphatic carbocycles. The van der Waals surface area contributed by atoms with Crippen LogP contribution in [0.1, 0.15) is 52.3 Å². The van der Waals surface area contributed by atoms with Crippen LogP contribution in [0, 0.1) is 12.8 Å². The van der Waals surface area contributed by atoms with E-state index in [0.29, 0.717) is 47.2 Å². The van der Waals surface area contributed by atoms with Crippen molar-refractivity contribution >= 4 is 16.9 Å². The highest BCUT2D eigenvalue weighted by atomic mass is 16.6. The first-order chi connectivity index (χ1) is 24.2. The Morgan fingerprint density at radius 2 is 1.51 bits per heavy atom. The molecule has 3 atom stereocenters. The van der Waals surface area contributed by atoms with Crippen molar-refractivity contribution in [2.24, 2.45) is 5.92 Å². The third-order valence-electron chi connectivity index (χ3n) is 8.65. The molecular weight excluding hydrogens is 668 g/mol. The molecule has 3 heterocycles. The summed E-state index contributed by atoms with van der Waals surface area (Å²) in [4.78, 5) is 24.7. The van der Waals surface area contributed by atoms with E-state index in [2.05, 4.69) is 6.92 Å². The molecule has 8 N–H and O–H groups in total. The average Bonchev–Trinajstić information content (AvgIpc) is 3.25. The molecule has 0 saturated heterocycles. The Labute approximate surface area is 289 Å². The Kier molecular flexibility index (Phi) is 9.09. The van der Waals surface area contributed by atoms with Crippen LogP contribution in [0.5, 0.6) is 57.5 Å². The number of rotatable bonds is 3.